The SMILES string of the molecule is Cc1nn(Cc2ccccc2)c(C)c1CNC(=O)C1CC1c1ccco1. The van der Waals surface area contributed by atoms with E-state index in [2.05, 4.69) is 29.5 Å². The molecule has 1 N–H and O–H groups in total. The molecule has 2 unspecified atom stereocenters. The van der Waals surface area contributed by atoms with Crippen molar-refractivity contribution in [1.29, 1.82) is 0 Å². The van der Waals surface area contributed by atoms with Crippen molar-refractivity contribution in [1.82, 2.24) is 15.1 Å². The van der Waals surface area contributed by atoms with Gasteiger partial charge in [0.2, 0.25) is 5.91 Å². The Kier molecular flexibility index (Phi) is 4.37. The van der Waals surface area contributed by atoms with E-state index in [1.165, 1.54) is 5.56 Å². The van der Waals surface area contributed by atoms with Gasteiger partial charge in [-0.25, -0.2) is 0 Å². The van der Waals surface area contributed by atoms with Crippen LogP contribution in [0.5, 0.6) is 0 Å². The van der Waals surface area contributed by atoms with Crippen molar-refractivity contribution in [2.45, 2.75) is 39.3 Å². The van der Waals surface area contributed by atoms with Crippen LogP contribution in [0.2, 0.25) is 0 Å². The number of benzene rings is 1. The summed E-state index contributed by atoms with van der Waals surface area (Å²) in [7, 11) is 0. The first-order valence-electron chi connectivity index (χ1n) is 9.01. The first kappa shape index (κ1) is 16.6. The number of carbonyl (C=O) groups is 1. The van der Waals surface area contributed by atoms with Crippen LogP contribution in [0.25, 0.3) is 0 Å². The van der Waals surface area contributed by atoms with Crippen LogP contribution in [-0.2, 0) is 17.9 Å². The molecule has 1 aliphatic carbocycles. The summed E-state index contributed by atoms with van der Waals surface area (Å²) in [4.78, 5) is 12.4. The van der Waals surface area contributed by atoms with E-state index in [-0.39, 0.29) is 17.7 Å². The number of nitrogens with zero attached hydrogens (tertiary/aromatic N) is 2. The number of furan rings is 1. The highest BCUT2D eigenvalue weighted by atomic mass is 16.3. The van der Waals surface area contributed by atoms with Crippen LogP contribution < -0.4 is 5.32 Å². The molecular weight excluding hydrogens is 326 g/mol. The molecule has 1 fully saturated rings. The van der Waals surface area contributed by atoms with Gasteiger partial charge in [0.25, 0.3) is 0 Å². The molecule has 1 amide bonds. The molecule has 0 saturated heterocycles. The third kappa shape index (κ3) is 3.29. The maximum Gasteiger partial charge on any atom is 0.224 e. The molecule has 0 bridgehead atoms. The standard InChI is InChI=1S/C21H23N3O2/c1-14-19(15(2)24(23-14)13-16-7-4-3-5-8-16)12-22-21(25)18-11-17(18)20-9-6-10-26-20/h3-10,17-18H,11-13H2,1-2H3,(H,22,25). The largest absolute Gasteiger partial charge is 0.469 e. The minimum Gasteiger partial charge on any atom is -0.469 e. The van der Waals surface area contributed by atoms with E-state index in [0.717, 1.165) is 35.7 Å². The minimum absolute atomic E-state index is 0.0288. The molecule has 3 aromatic rings. The van der Waals surface area contributed by atoms with Crippen molar-refractivity contribution >= 4 is 5.91 Å². The highest BCUT2D eigenvalue weighted by Crippen LogP contribution is 2.47. The molecule has 2 aromatic heterocycles. The molecule has 26 heavy (non-hydrogen) atoms. The second-order valence-electron chi connectivity index (χ2n) is 6.97. The number of hydrogen-bond acceptors (Lipinski definition) is 3. The van der Waals surface area contributed by atoms with E-state index in [9.17, 15) is 4.79 Å². The van der Waals surface area contributed by atoms with Gasteiger partial charge in [-0.15, -0.1) is 0 Å². The van der Waals surface area contributed by atoms with Crippen molar-refractivity contribution in [2.24, 2.45) is 5.92 Å². The summed E-state index contributed by atoms with van der Waals surface area (Å²) in [5, 5.41) is 7.73. The zero-order valence-corrected chi connectivity index (χ0v) is 15.1. The molecule has 1 saturated carbocycles. The maximum atomic E-state index is 12.4. The van der Waals surface area contributed by atoms with E-state index in [1.54, 1.807) is 6.26 Å². The van der Waals surface area contributed by atoms with Gasteiger partial charge in [-0.1, -0.05) is 30.3 Å². The van der Waals surface area contributed by atoms with Crippen molar-refractivity contribution in [3.8, 4) is 0 Å². The monoisotopic (exact) mass is 349 g/mol. The van der Waals surface area contributed by atoms with Gasteiger partial charge in [0.1, 0.15) is 5.76 Å². The Labute approximate surface area is 153 Å². The number of nitrogens with one attached hydrogen (secondary N) is 1. The quantitative estimate of drug-likeness (QED) is 0.740. The molecule has 134 valence electrons. The predicted octanol–water partition coefficient (Wildman–Crippen LogP) is 3.56. The van der Waals surface area contributed by atoms with Crippen molar-refractivity contribution in [3.63, 3.8) is 0 Å². The normalized spacial score (nSPS) is 18.7. The summed E-state index contributed by atoms with van der Waals surface area (Å²) in [6.45, 7) is 5.32. The molecule has 5 nitrogen and oxygen atoms in total. The van der Waals surface area contributed by atoms with Crippen LogP contribution in [0, 0.1) is 19.8 Å². The first-order valence-corrected chi connectivity index (χ1v) is 9.01. The van der Waals surface area contributed by atoms with Gasteiger partial charge < -0.3 is 9.73 Å². The third-order valence-corrected chi connectivity index (χ3v) is 5.18. The summed E-state index contributed by atoms with van der Waals surface area (Å²) in [5.74, 6) is 1.27. The van der Waals surface area contributed by atoms with Crippen LogP contribution in [-0.4, -0.2) is 15.7 Å². The summed E-state index contributed by atoms with van der Waals surface area (Å²) < 4.78 is 7.41. The molecule has 0 radical (unpaired) electrons. The fourth-order valence-electron chi connectivity index (χ4n) is 3.51. The Hall–Kier alpha value is -2.82. The first-order chi connectivity index (χ1) is 12.6. The third-order valence-electron chi connectivity index (χ3n) is 5.18. The Morgan fingerprint density at radius 3 is 2.77 bits per heavy atom. The summed E-state index contributed by atoms with van der Waals surface area (Å²) >= 11 is 0. The fraction of sp³-hybridized carbons (Fsp3) is 0.333. The van der Waals surface area contributed by atoms with Gasteiger partial charge in [0, 0.05) is 29.6 Å². The van der Waals surface area contributed by atoms with Gasteiger partial charge in [-0.3, -0.25) is 9.48 Å². The molecule has 0 aliphatic heterocycles. The van der Waals surface area contributed by atoms with E-state index >= 15 is 0 Å². The molecule has 2 atom stereocenters. The van der Waals surface area contributed by atoms with Crippen LogP contribution in [0.15, 0.2) is 53.1 Å². The predicted molar refractivity (Wildman–Crippen MR) is 98.6 cm³/mol. The second-order valence-corrected chi connectivity index (χ2v) is 6.97. The minimum atomic E-state index is 0.0288. The van der Waals surface area contributed by atoms with Gasteiger partial charge >= 0.3 is 0 Å². The number of rotatable bonds is 6. The Morgan fingerprint density at radius 1 is 1.23 bits per heavy atom. The van der Waals surface area contributed by atoms with E-state index in [0.29, 0.717) is 6.54 Å². The van der Waals surface area contributed by atoms with E-state index in [4.69, 9.17) is 4.42 Å². The lowest BCUT2D eigenvalue weighted by Gasteiger charge is -2.07. The molecular formula is C21H23N3O2. The molecule has 2 heterocycles. The average Bonchev–Trinajstić information content (AvgIpc) is 3.17. The zero-order valence-electron chi connectivity index (χ0n) is 15.1. The number of aryl methyl sites for hydroxylation is 1. The number of carbonyl (C=O) groups excluding carboxylic acids is 1. The number of aromatic nitrogens is 2. The lowest BCUT2D eigenvalue weighted by molar-refractivity contribution is -0.122. The summed E-state index contributed by atoms with van der Waals surface area (Å²) in [6.07, 6.45) is 2.53. The molecule has 5 heteroatoms. The van der Waals surface area contributed by atoms with Crippen LogP contribution in [0.1, 0.15) is 40.6 Å². The Morgan fingerprint density at radius 2 is 2.04 bits per heavy atom. The number of hydrogen-bond donors (Lipinski definition) is 1. The van der Waals surface area contributed by atoms with Gasteiger partial charge in [0.05, 0.1) is 18.5 Å². The van der Waals surface area contributed by atoms with Crippen LogP contribution in [0.3, 0.4) is 0 Å². The lowest BCUT2D eigenvalue weighted by Crippen LogP contribution is -2.25. The Bertz CT molecular complexity index is 897. The average molecular weight is 349 g/mol. The zero-order chi connectivity index (χ0) is 18.1. The number of amides is 1. The maximum absolute atomic E-state index is 12.4. The van der Waals surface area contributed by atoms with Crippen molar-refractivity contribution in [3.05, 3.63) is 77.0 Å². The highest BCUT2D eigenvalue weighted by molar-refractivity contribution is 5.82. The topological polar surface area (TPSA) is 60.1 Å². The van der Waals surface area contributed by atoms with E-state index < -0.39 is 0 Å². The lowest BCUT2D eigenvalue weighted by atomic mass is 10.2. The van der Waals surface area contributed by atoms with Crippen LogP contribution >= 0.6 is 0 Å². The molecule has 1 aliphatic rings. The van der Waals surface area contributed by atoms with Gasteiger partial charge in [-0.2, -0.15) is 5.10 Å². The van der Waals surface area contributed by atoms with Gasteiger partial charge in [0.15, 0.2) is 0 Å². The van der Waals surface area contributed by atoms with Gasteiger partial charge in [-0.05, 0) is 38.0 Å². The second kappa shape index (κ2) is 6.83. The molecule has 1 aromatic carbocycles. The fourth-order valence-corrected chi connectivity index (χ4v) is 3.51. The molecule has 4 rings (SSSR count). The molecule has 0 spiro atoms. The highest BCUT2D eigenvalue weighted by Gasteiger charge is 2.45. The Balaban J connectivity index is 1.39. The summed E-state index contributed by atoms with van der Waals surface area (Å²) in [6, 6.07) is 14.1. The van der Waals surface area contributed by atoms with E-state index in [1.807, 2.05) is 41.9 Å². The van der Waals surface area contributed by atoms with Crippen molar-refractivity contribution < 1.29 is 9.21 Å². The van der Waals surface area contributed by atoms with Crippen LogP contribution in [0.4, 0.5) is 0 Å². The van der Waals surface area contributed by atoms with Crippen molar-refractivity contribution in [2.75, 3.05) is 0 Å². The summed E-state index contributed by atoms with van der Waals surface area (Å²) in [5.41, 5.74) is 4.39. The smallest absolute Gasteiger partial charge is 0.224 e.